The van der Waals surface area contributed by atoms with E-state index in [2.05, 4.69) is 42.2 Å². The van der Waals surface area contributed by atoms with Gasteiger partial charge in [0.15, 0.2) is 0 Å². The van der Waals surface area contributed by atoms with E-state index in [9.17, 15) is 41.4 Å². The van der Waals surface area contributed by atoms with Crippen LogP contribution in [0.2, 0.25) is 0 Å². The van der Waals surface area contributed by atoms with E-state index in [0.717, 1.165) is 50.3 Å². The first-order valence-electron chi connectivity index (χ1n) is 21.7. The van der Waals surface area contributed by atoms with Crippen LogP contribution in [0.25, 0.3) is 11.1 Å². The van der Waals surface area contributed by atoms with Crippen molar-refractivity contribution in [2.24, 2.45) is 5.41 Å². The quantitative estimate of drug-likeness (QED) is 0.0758. The van der Waals surface area contributed by atoms with Gasteiger partial charge in [0.05, 0.1) is 43.0 Å². The lowest BCUT2D eigenvalue weighted by Crippen LogP contribution is -2.62. The number of nitrogens with one attached hydrogen (secondary N) is 3. The van der Waals surface area contributed by atoms with Gasteiger partial charge in [0.25, 0.3) is 0 Å². The van der Waals surface area contributed by atoms with Gasteiger partial charge in [0, 0.05) is 60.8 Å². The van der Waals surface area contributed by atoms with Crippen LogP contribution in [0.15, 0.2) is 67.1 Å². The van der Waals surface area contributed by atoms with Crippen molar-refractivity contribution in [1.82, 2.24) is 35.6 Å². The van der Waals surface area contributed by atoms with Crippen LogP contribution >= 0.6 is 0 Å². The zero-order chi connectivity index (χ0) is 49.7. The van der Waals surface area contributed by atoms with Gasteiger partial charge in [-0.1, -0.05) is 24.0 Å². The molecular weight excluding hydrogens is 906 g/mol. The number of aliphatic hydroxyl groups is 1. The number of aromatic nitrogens is 3. The molecule has 68 heavy (non-hydrogen) atoms. The van der Waals surface area contributed by atoms with E-state index in [1.807, 2.05) is 43.1 Å². The van der Waals surface area contributed by atoms with Gasteiger partial charge in [-0.15, -0.1) is 0 Å². The van der Waals surface area contributed by atoms with Gasteiger partial charge in [0.2, 0.25) is 5.91 Å². The number of aliphatic hydroxyl groups excluding tert-OH is 1. The van der Waals surface area contributed by atoms with E-state index in [-0.39, 0.29) is 35.7 Å². The largest absolute Gasteiger partial charge is 0.453 e. The summed E-state index contributed by atoms with van der Waals surface area (Å²) in [4.78, 5) is 47.3. The highest BCUT2D eigenvalue weighted by molar-refractivity contribution is 5.87. The van der Waals surface area contributed by atoms with Gasteiger partial charge in [-0.2, -0.15) is 27.1 Å². The number of nitrogens with zero attached hydrogens (tertiary/aromatic N) is 5. The third kappa shape index (κ3) is 12.4. The third-order valence-corrected chi connectivity index (χ3v) is 11.8. The second-order valence-electron chi connectivity index (χ2n) is 18.2. The summed E-state index contributed by atoms with van der Waals surface area (Å²) in [7, 11) is 0.910. The molecule has 2 aliphatic rings. The Bertz CT molecular complexity index is 2450. The Balaban J connectivity index is 1.14. The van der Waals surface area contributed by atoms with Gasteiger partial charge in [0.1, 0.15) is 29.1 Å². The Hall–Kier alpha value is -6.40. The normalized spacial score (nSPS) is 17.5. The molecule has 14 nitrogen and oxygen atoms in total. The second kappa shape index (κ2) is 20.9. The van der Waals surface area contributed by atoms with E-state index in [4.69, 9.17) is 4.74 Å². The second-order valence-corrected chi connectivity index (χ2v) is 18.2. The summed E-state index contributed by atoms with van der Waals surface area (Å²) in [6, 6.07) is 8.62. The van der Waals surface area contributed by atoms with Gasteiger partial charge < -0.3 is 35.4 Å². The van der Waals surface area contributed by atoms with Gasteiger partial charge in [-0.25, -0.2) is 28.0 Å². The zero-order valence-corrected chi connectivity index (χ0v) is 38.1. The Morgan fingerprint density at radius 2 is 1.50 bits per heavy atom. The minimum Gasteiger partial charge on any atom is -0.453 e. The number of alkyl carbamates (subject to hydrolysis) is 1. The van der Waals surface area contributed by atoms with Crippen molar-refractivity contribution < 1.29 is 59.7 Å². The van der Waals surface area contributed by atoms with Crippen molar-refractivity contribution in [2.75, 3.05) is 31.6 Å². The van der Waals surface area contributed by atoms with Crippen molar-refractivity contribution in [3.05, 3.63) is 101 Å². The summed E-state index contributed by atoms with van der Waals surface area (Å²) in [6.45, 7) is 4.28. The molecule has 2 aromatic heterocycles. The number of hydrogen-bond donors (Lipinski definition) is 4. The van der Waals surface area contributed by atoms with E-state index >= 15 is 8.78 Å². The molecule has 2 aromatic carbocycles. The maximum atomic E-state index is 15.2. The maximum Gasteiger partial charge on any atom is 0.410 e. The van der Waals surface area contributed by atoms with E-state index < -0.39 is 84.2 Å². The molecule has 2 aliphatic heterocycles. The average Bonchev–Trinajstić information content (AvgIpc) is 3.87. The maximum absolute atomic E-state index is 15.2. The summed E-state index contributed by atoms with van der Waals surface area (Å²) >= 11 is 0. The lowest BCUT2D eigenvalue weighted by atomic mass is 9.82. The number of piperazine rings is 1. The number of methoxy groups -OCH3 is 1. The smallest absolute Gasteiger partial charge is 0.410 e. The fraction of sp³-hybridized carbons (Fsp3) is 0.468. The fourth-order valence-corrected chi connectivity index (χ4v) is 7.96. The molecule has 2 bridgehead atoms. The lowest BCUT2D eigenvalue weighted by molar-refractivity contribution is -0.220. The predicted octanol–water partition coefficient (Wildman–Crippen LogP) is 7.10. The highest BCUT2D eigenvalue weighted by Crippen LogP contribution is 2.41. The lowest BCUT2D eigenvalue weighted by Gasteiger charge is -2.41. The zero-order valence-electron chi connectivity index (χ0n) is 38.1. The van der Waals surface area contributed by atoms with Gasteiger partial charge >= 0.3 is 24.9 Å². The first-order valence-corrected chi connectivity index (χ1v) is 21.7. The monoisotopic (exact) mass is 958 g/mol. The number of alkyl halides is 5. The SMILES string of the molecule is COC(=O)N[C@H](C(=O)N[C@@H](Cc1ccc(C#Cc2ccc(N3CC4CCC(C3)N4C(=O)OC(C)(C)C)nc2)cc1)[C@@H](O)CNCc1c(F)cc(-c2cnn(C(F)F)c2)cc1F)C(C)(C)C(F)(F)F. The van der Waals surface area contributed by atoms with Crippen molar-refractivity contribution in [3.63, 3.8) is 0 Å². The van der Waals surface area contributed by atoms with Crippen molar-refractivity contribution in [3.8, 4) is 23.0 Å². The highest BCUT2D eigenvalue weighted by Gasteiger charge is 2.56. The minimum atomic E-state index is -4.99. The Morgan fingerprint density at radius 3 is 2.04 bits per heavy atom. The summed E-state index contributed by atoms with van der Waals surface area (Å²) in [5.41, 5.74) is -2.22. The number of rotatable bonds is 14. The molecule has 2 saturated heterocycles. The number of halogens is 7. The molecule has 0 aliphatic carbocycles. The molecule has 0 radical (unpaired) electrons. The van der Waals surface area contributed by atoms with Crippen LogP contribution in [-0.4, -0.2) is 112 Å². The number of fused-ring (bicyclic) bond motifs is 2. The molecule has 0 spiro atoms. The van der Waals surface area contributed by atoms with E-state index in [0.29, 0.717) is 48.3 Å². The van der Waals surface area contributed by atoms with Crippen molar-refractivity contribution in [1.29, 1.82) is 0 Å². The molecule has 0 saturated carbocycles. The van der Waals surface area contributed by atoms with Gasteiger partial charge in [-0.05, 0) is 101 Å². The number of amides is 3. The molecule has 21 heteroatoms. The number of carbonyl (C=O) groups excluding carboxylic acids is 3. The fourth-order valence-electron chi connectivity index (χ4n) is 7.96. The highest BCUT2D eigenvalue weighted by atomic mass is 19.4. The molecule has 2 unspecified atom stereocenters. The third-order valence-electron chi connectivity index (χ3n) is 11.8. The van der Waals surface area contributed by atoms with Crippen LogP contribution in [0.5, 0.6) is 0 Å². The number of ether oxygens (including phenoxy) is 2. The molecule has 5 atom stereocenters. The molecule has 4 N–H and O–H groups in total. The van der Waals surface area contributed by atoms with Crippen LogP contribution in [0, 0.1) is 28.9 Å². The molecule has 366 valence electrons. The van der Waals surface area contributed by atoms with Crippen molar-refractivity contribution >= 4 is 23.9 Å². The Labute approximate surface area is 388 Å². The first kappa shape index (κ1) is 51.0. The topological polar surface area (TPSA) is 163 Å². The molecular formula is C47H53F7N8O6. The Kier molecular flexibility index (Phi) is 15.6. The van der Waals surface area contributed by atoms with Crippen LogP contribution in [0.4, 0.5) is 46.1 Å². The van der Waals surface area contributed by atoms with Crippen LogP contribution in [0.3, 0.4) is 0 Å². The molecule has 2 fully saturated rings. The molecule has 6 rings (SSSR count). The predicted molar refractivity (Wildman–Crippen MR) is 235 cm³/mol. The summed E-state index contributed by atoms with van der Waals surface area (Å²) < 4.78 is 109. The number of pyridine rings is 1. The average molecular weight is 959 g/mol. The van der Waals surface area contributed by atoms with Crippen LogP contribution in [-0.2, 0) is 27.2 Å². The number of benzene rings is 2. The first-order chi connectivity index (χ1) is 31.9. The molecule has 4 aromatic rings. The number of hydrogen-bond acceptors (Lipinski definition) is 10. The van der Waals surface area contributed by atoms with Gasteiger partial charge in [-0.3, -0.25) is 9.69 Å². The van der Waals surface area contributed by atoms with Crippen LogP contribution < -0.4 is 20.9 Å². The number of carbonyl (C=O) groups is 3. The summed E-state index contributed by atoms with van der Waals surface area (Å²) in [6.07, 6.45) is -3.02. The molecule has 4 heterocycles. The number of anilines is 1. The van der Waals surface area contributed by atoms with Crippen molar-refractivity contribution in [2.45, 2.75) is 109 Å². The summed E-state index contributed by atoms with van der Waals surface area (Å²) in [5.74, 6) is 3.48. The minimum absolute atomic E-state index is 0.0125. The standard InChI is InChI=1S/C47H53F7N8O6/c1-45(2,3)68-44(66)62-32-14-15-33(62)26-60(25-32)39-16-13-29(20-56-39)12-9-27-7-10-28(11-8-27)17-37(58-41(64)40(59-43(65)67-6)46(4,5)47(52,53)54)38(63)23-55-22-34-35(48)18-30(19-36(34)49)31-21-57-61(24-31)42(50)51/h7-8,10-11,13,16,18-21,24,32-33,37-38,40,42,55,63H,14-15,17,22-23,25-26H2,1-6H3,(H,58,64)(H,59,65)/t32?,33?,37-,38-,40+/m0/s1. The Morgan fingerprint density at radius 1 is 0.882 bits per heavy atom. The molecule has 3 amide bonds. The van der Waals surface area contributed by atoms with E-state index in [1.54, 1.807) is 30.5 Å². The van der Waals surface area contributed by atoms with E-state index in [1.165, 1.54) is 0 Å². The summed E-state index contributed by atoms with van der Waals surface area (Å²) in [5, 5.41) is 21.9. The van der Waals surface area contributed by atoms with Crippen LogP contribution in [0.1, 0.15) is 76.3 Å².